The van der Waals surface area contributed by atoms with Crippen molar-refractivity contribution in [3.63, 3.8) is 0 Å². The summed E-state index contributed by atoms with van der Waals surface area (Å²) in [4.78, 5) is 0.625. The van der Waals surface area contributed by atoms with E-state index in [1.165, 1.54) is 16.4 Å². The van der Waals surface area contributed by atoms with Crippen molar-refractivity contribution in [1.82, 2.24) is 9.62 Å². The summed E-state index contributed by atoms with van der Waals surface area (Å²) < 4.78 is 39.6. The number of benzene rings is 1. The van der Waals surface area contributed by atoms with E-state index in [2.05, 4.69) is 5.32 Å². The molecule has 0 aliphatic carbocycles. The van der Waals surface area contributed by atoms with E-state index in [1.807, 2.05) is 0 Å². The lowest BCUT2D eigenvalue weighted by atomic mass is 10.1. The molecule has 1 aromatic rings. The molecule has 1 unspecified atom stereocenters. The first kappa shape index (κ1) is 15.3. The molecule has 1 aliphatic heterocycles. The number of nitrogens with zero attached hydrogens (tertiary/aromatic N) is 1. The van der Waals surface area contributed by atoms with E-state index in [4.69, 9.17) is 12.2 Å². The van der Waals surface area contributed by atoms with Crippen LogP contribution in [0.4, 0.5) is 4.39 Å². The van der Waals surface area contributed by atoms with Crippen molar-refractivity contribution < 1.29 is 12.8 Å². The first-order chi connectivity index (χ1) is 9.46. The van der Waals surface area contributed by atoms with Crippen LogP contribution in [0.5, 0.6) is 0 Å². The van der Waals surface area contributed by atoms with Gasteiger partial charge in [0.1, 0.15) is 5.82 Å². The molecule has 2 rings (SSSR count). The number of sulfonamides is 1. The normalized spacial score (nSPS) is 20.6. The van der Waals surface area contributed by atoms with Gasteiger partial charge in [0.25, 0.3) is 0 Å². The molecule has 0 bridgehead atoms. The molecule has 7 heteroatoms. The van der Waals surface area contributed by atoms with Crippen molar-refractivity contribution in [2.24, 2.45) is 0 Å². The highest BCUT2D eigenvalue weighted by atomic mass is 32.2. The van der Waals surface area contributed by atoms with Crippen LogP contribution in [0.2, 0.25) is 0 Å². The Morgan fingerprint density at radius 2 is 2.00 bits per heavy atom. The molecule has 1 aromatic carbocycles. The smallest absolute Gasteiger partial charge is 0.243 e. The summed E-state index contributed by atoms with van der Waals surface area (Å²) in [6.45, 7) is 0.437. The monoisotopic (exact) mass is 316 g/mol. The predicted octanol–water partition coefficient (Wildman–Crippen LogP) is 1.92. The topological polar surface area (TPSA) is 49.4 Å². The Hall–Kier alpha value is -1.05. The van der Waals surface area contributed by atoms with Gasteiger partial charge in [-0.3, -0.25) is 0 Å². The Bertz CT molecular complexity index is 587. The first-order valence-electron chi connectivity index (χ1n) is 6.46. The Labute approximate surface area is 124 Å². The molecule has 0 aromatic heterocycles. The second-order valence-electron chi connectivity index (χ2n) is 4.70. The summed E-state index contributed by atoms with van der Waals surface area (Å²) in [5.41, 5.74) is 0. The Morgan fingerprint density at radius 1 is 1.35 bits per heavy atom. The van der Waals surface area contributed by atoms with Crippen LogP contribution in [-0.2, 0) is 10.0 Å². The van der Waals surface area contributed by atoms with E-state index in [1.54, 1.807) is 7.05 Å². The summed E-state index contributed by atoms with van der Waals surface area (Å²) in [6.07, 6.45) is 2.46. The van der Waals surface area contributed by atoms with Crippen LogP contribution in [0.25, 0.3) is 0 Å². The van der Waals surface area contributed by atoms with E-state index in [0.29, 0.717) is 18.0 Å². The van der Waals surface area contributed by atoms with Crippen molar-refractivity contribution >= 4 is 27.2 Å². The zero-order valence-corrected chi connectivity index (χ0v) is 12.8. The summed E-state index contributed by atoms with van der Waals surface area (Å²) in [6, 6.07) is 4.57. The predicted molar refractivity (Wildman–Crippen MR) is 79.6 cm³/mol. The number of thiocarbonyl (C=S) groups is 1. The molecule has 0 amide bonds. The van der Waals surface area contributed by atoms with Gasteiger partial charge in [-0.2, -0.15) is 4.31 Å². The maximum atomic E-state index is 12.9. The number of rotatable bonds is 3. The third kappa shape index (κ3) is 2.99. The van der Waals surface area contributed by atoms with Crippen molar-refractivity contribution in [1.29, 1.82) is 0 Å². The van der Waals surface area contributed by atoms with Gasteiger partial charge in [0.2, 0.25) is 10.0 Å². The molecular weight excluding hydrogens is 299 g/mol. The van der Waals surface area contributed by atoms with E-state index >= 15 is 0 Å². The fourth-order valence-corrected chi connectivity index (χ4v) is 4.34. The van der Waals surface area contributed by atoms with E-state index < -0.39 is 15.8 Å². The molecule has 1 atom stereocenters. The second kappa shape index (κ2) is 6.15. The Morgan fingerprint density at radius 3 is 2.60 bits per heavy atom. The summed E-state index contributed by atoms with van der Waals surface area (Å²) in [5, 5.41) is 2.86. The highest BCUT2D eigenvalue weighted by Crippen LogP contribution is 2.26. The van der Waals surface area contributed by atoms with Gasteiger partial charge in [-0.25, -0.2) is 12.8 Å². The molecule has 0 radical (unpaired) electrons. The maximum absolute atomic E-state index is 12.9. The van der Waals surface area contributed by atoms with Crippen molar-refractivity contribution in [2.75, 3.05) is 13.6 Å². The van der Waals surface area contributed by atoms with Gasteiger partial charge in [-0.05, 0) is 37.1 Å². The summed E-state index contributed by atoms with van der Waals surface area (Å²) in [5.74, 6) is -0.454. The molecule has 4 nitrogen and oxygen atoms in total. The number of hydrogen-bond acceptors (Lipinski definition) is 3. The van der Waals surface area contributed by atoms with Crippen molar-refractivity contribution in [3.8, 4) is 0 Å². The average Bonchev–Trinajstić information content (AvgIpc) is 2.47. The lowest BCUT2D eigenvalue weighted by molar-refractivity contribution is 0.305. The Balaban J connectivity index is 2.35. The lowest BCUT2D eigenvalue weighted by Crippen LogP contribution is -2.50. The molecule has 0 saturated carbocycles. The van der Waals surface area contributed by atoms with Crippen LogP contribution < -0.4 is 5.32 Å². The highest BCUT2D eigenvalue weighted by molar-refractivity contribution is 7.89. The van der Waals surface area contributed by atoms with Crippen LogP contribution in [0.1, 0.15) is 19.3 Å². The van der Waals surface area contributed by atoms with Crippen LogP contribution >= 0.6 is 12.2 Å². The summed E-state index contributed by atoms with van der Waals surface area (Å²) in [7, 11) is -1.95. The van der Waals surface area contributed by atoms with Gasteiger partial charge in [-0.15, -0.1) is 0 Å². The fraction of sp³-hybridized carbons (Fsp3) is 0.462. The molecule has 110 valence electrons. The van der Waals surface area contributed by atoms with Crippen LogP contribution in [0.3, 0.4) is 0 Å². The maximum Gasteiger partial charge on any atom is 0.243 e. The number of halogens is 1. The number of nitrogens with one attached hydrogen (secondary N) is 1. The van der Waals surface area contributed by atoms with Crippen LogP contribution in [0, 0.1) is 5.82 Å². The zero-order valence-electron chi connectivity index (χ0n) is 11.2. The van der Waals surface area contributed by atoms with Gasteiger partial charge >= 0.3 is 0 Å². The van der Waals surface area contributed by atoms with E-state index in [-0.39, 0.29) is 10.9 Å². The highest BCUT2D eigenvalue weighted by Gasteiger charge is 2.35. The van der Waals surface area contributed by atoms with Gasteiger partial charge in [0.05, 0.1) is 15.9 Å². The number of piperidine rings is 1. The molecule has 20 heavy (non-hydrogen) atoms. The van der Waals surface area contributed by atoms with Gasteiger partial charge < -0.3 is 5.32 Å². The number of likely N-dealkylation sites (N-methyl/N-ethyl adjacent to an activating group) is 1. The zero-order chi connectivity index (χ0) is 14.8. The standard InChI is InChI=1S/C13H17FN2O2S2/c1-15-13(19)12-4-2-3-9-16(12)20(17,18)11-7-5-10(14)6-8-11/h5-8,12H,2-4,9H2,1H3,(H,15,19). The van der Waals surface area contributed by atoms with Crippen molar-refractivity contribution in [3.05, 3.63) is 30.1 Å². The minimum absolute atomic E-state index is 0.102. The third-order valence-corrected chi connectivity index (χ3v) is 5.82. The molecular formula is C13H17FN2O2S2. The minimum atomic E-state index is -3.64. The third-order valence-electron chi connectivity index (χ3n) is 3.42. The molecule has 1 aliphatic rings. The minimum Gasteiger partial charge on any atom is -0.381 e. The summed E-state index contributed by atoms with van der Waals surface area (Å²) >= 11 is 5.21. The first-order valence-corrected chi connectivity index (χ1v) is 8.30. The fourth-order valence-electron chi connectivity index (χ4n) is 2.36. The van der Waals surface area contributed by atoms with E-state index in [0.717, 1.165) is 25.0 Å². The largest absolute Gasteiger partial charge is 0.381 e. The van der Waals surface area contributed by atoms with Crippen LogP contribution in [-0.4, -0.2) is 37.3 Å². The van der Waals surface area contributed by atoms with Crippen molar-refractivity contribution in [2.45, 2.75) is 30.2 Å². The van der Waals surface area contributed by atoms with Crippen LogP contribution in [0.15, 0.2) is 29.2 Å². The molecule has 0 spiro atoms. The molecule has 1 saturated heterocycles. The van der Waals surface area contributed by atoms with E-state index in [9.17, 15) is 12.8 Å². The lowest BCUT2D eigenvalue weighted by Gasteiger charge is -2.34. The second-order valence-corrected chi connectivity index (χ2v) is 7.03. The molecule has 1 heterocycles. The SMILES string of the molecule is CNC(=S)C1CCCCN1S(=O)(=O)c1ccc(F)cc1. The molecule has 1 fully saturated rings. The molecule has 1 N–H and O–H groups in total. The van der Waals surface area contributed by atoms with Gasteiger partial charge in [0.15, 0.2) is 0 Å². The Kier molecular flexibility index (Phi) is 4.72. The number of hydrogen-bond donors (Lipinski definition) is 1. The average molecular weight is 316 g/mol. The quantitative estimate of drug-likeness (QED) is 0.866. The van der Waals surface area contributed by atoms with Gasteiger partial charge in [-0.1, -0.05) is 18.6 Å². The van der Waals surface area contributed by atoms with Gasteiger partial charge in [0, 0.05) is 13.6 Å².